The van der Waals surface area contributed by atoms with Gasteiger partial charge in [-0.25, -0.2) is 0 Å². The maximum atomic E-state index is 12.2. The zero-order chi connectivity index (χ0) is 17.0. The van der Waals surface area contributed by atoms with Crippen molar-refractivity contribution in [2.75, 3.05) is 19.7 Å². The summed E-state index contributed by atoms with van der Waals surface area (Å²) in [6.45, 7) is 6.90. The quantitative estimate of drug-likeness (QED) is 0.792. The van der Waals surface area contributed by atoms with Crippen LogP contribution in [0, 0.1) is 13.8 Å². The van der Waals surface area contributed by atoms with Gasteiger partial charge in [-0.15, -0.1) is 0 Å². The highest BCUT2D eigenvalue weighted by molar-refractivity contribution is 5.80. The van der Waals surface area contributed by atoms with E-state index in [1.54, 1.807) is 4.90 Å². The van der Waals surface area contributed by atoms with Crippen LogP contribution >= 0.6 is 0 Å². The van der Waals surface area contributed by atoms with Crippen LogP contribution in [0.3, 0.4) is 0 Å². The smallest absolute Gasteiger partial charge is 0.222 e. The number of carbonyl (C=O) groups is 2. The lowest BCUT2D eigenvalue weighted by molar-refractivity contribution is -0.137. The molecule has 1 saturated heterocycles. The molecule has 0 aliphatic carbocycles. The van der Waals surface area contributed by atoms with Crippen molar-refractivity contribution in [1.82, 2.24) is 20.0 Å². The Morgan fingerprint density at radius 1 is 1.43 bits per heavy atom. The van der Waals surface area contributed by atoms with E-state index in [0.29, 0.717) is 26.1 Å². The molecule has 0 aromatic carbocycles. The molecule has 0 spiro atoms. The van der Waals surface area contributed by atoms with Gasteiger partial charge in [0.15, 0.2) is 0 Å². The molecule has 2 rings (SSSR count). The van der Waals surface area contributed by atoms with E-state index in [4.69, 9.17) is 0 Å². The summed E-state index contributed by atoms with van der Waals surface area (Å²) in [4.78, 5) is 25.6. The van der Waals surface area contributed by atoms with Gasteiger partial charge in [0.2, 0.25) is 11.8 Å². The molecule has 0 saturated carbocycles. The molecule has 1 aliphatic rings. The second kappa shape index (κ2) is 7.12. The number of hydrogen-bond acceptors (Lipinski definition) is 4. The minimum atomic E-state index is -0.742. The van der Waals surface area contributed by atoms with Crippen LogP contribution in [-0.4, -0.2) is 56.8 Å². The predicted octanol–water partition coefficient (Wildman–Crippen LogP) is 0.380. The average molecular weight is 322 g/mol. The summed E-state index contributed by atoms with van der Waals surface area (Å²) in [6.07, 6.45) is 1.62. The van der Waals surface area contributed by atoms with Crippen LogP contribution < -0.4 is 5.32 Å². The van der Waals surface area contributed by atoms with Gasteiger partial charge in [-0.05, 0) is 32.8 Å². The number of aliphatic hydroxyl groups is 1. The zero-order valence-electron chi connectivity index (χ0n) is 14.1. The topological polar surface area (TPSA) is 87.5 Å². The van der Waals surface area contributed by atoms with Gasteiger partial charge in [-0.3, -0.25) is 14.3 Å². The SMILES string of the molecule is CC(=O)N1CCCC1(CO)CC(=O)NCCn1nc(C)cc1C. The number of aliphatic hydroxyl groups excluding tert-OH is 1. The average Bonchev–Trinajstić information content (AvgIpc) is 3.03. The van der Waals surface area contributed by atoms with Gasteiger partial charge < -0.3 is 15.3 Å². The van der Waals surface area contributed by atoms with Crippen LogP contribution in [0.2, 0.25) is 0 Å². The number of rotatable bonds is 6. The molecule has 1 aromatic heterocycles. The van der Waals surface area contributed by atoms with Crippen LogP contribution in [0.5, 0.6) is 0 Å². The Kier molecular flexibility index (Phi) is 5.41. The number of amides is 2. The lowest BCUT2D eigenvalue weighted by atomic mass is 9.92. The summed E-state index contributed by atoms with van der Waals surface area (Å²) in [7, 11) is 0. The summed E-state index contributed by atoms with van der Waals surface area (Å²) in [5.41, 5.74) is 1.27. The molecule has 2 N–H and O–H groups in total. The third kappa shape index (κ3) is 3.90. The van der Waals surface area contributed by atoms with E-state index in [9.17, 15) is 14.7 Å². The standard InChI is InChI=1S/C16H26N4O3/c1-12-9-13(2)20(18-12)8-6-17-15(23)10-16(11-21)5-4-7-19(16)14(3)22/h9,21H,4-8,10-11H2,1-3H3,(H,17,23). The molecular formula is C16H26N4O3. The summed E-state index contributed by atoms with van der Waals surface area (Å²) >= 11 is 0. The van der Waals surface area contributed by atoms with E-state index < -0.39 is 5.54 Å². The molecule has 1 aromatic rings. The molecule has 1 aliphatic heterocycles. The molecule has 7 nitrogen and oxygen atoms in total. The van der Waals surface area contributed by atoms with Crippen LogP contribution in [0.1, 0.15) is 37.6 Å². The van der Waals surface area contributed by atoms with E-state index >= 15 is 0 Å². The third-order valence-corrected chi connectivity index (χ3v) is 4.51. The molecule has 0 bridgehead atoms. The molecule has 23 heavy (non-hydrogen) atoms. The van der Waals surface area contributed by atoms with Gasteiger partial charge in [0.25, 0.3) is 0 Å². The monoisotopic (exact) mass is 322 g/mol. The Morgan fingerprint density at radius 3 is 2.74 bits per heavy atom. The van der Waals surface area contributed by atoms with Crippen molar-refractivity contribution in [2.45, 2.75) is 52.1 Å². The van der Waals surface area contributed by atoms with Crippen LogP contribution in [0.25, 0.3) is 0 Å². The number of aromatic nitrogens is 2. The van der Waals surface area contributed by atoms with Crippen molar-refractivity contribution in [3.05, 3.63) is 17.5 Å². The molecule has 7 heteroatoms. The molecule has 1 unspecified atom stereocenters. The Hall–Kier alpha value is -1.89. The van der Waals surface area contributed by atoms with Gasteiger partial charge in [0, 0.05) is 25.7 Å². The highest BCUT2D eigenvalue weighted by Gasteiger charge is 2.43. The lowest BCUT2D eigenvalue weighted by Gasteiger charge is -2.36. The first-order valence-electron chi connectivity index (χ1n) is 8.05. The van der Waals surface area contributed by atoms with E-state index in [-0.39, 0.29) is 24.8 Å². The maximum absolute atomic E-state index is 12.2. The molecule has 1 fully saturated rings. The normalized spacial score (nSPS) is 20.8. The maximum Gasteiger partial charge on any atom is 0.222 e. The molecule has 128 valence electrons. The Labute approximate surface area is 136 Å². The van der Waals surface area contributed by atoms with Crippen LogP contribution in [-0.2, 0) is 16.1 Å². The van der Waals surface area contributed by atoms with E-state index in [0.717, 1.165) is 17.8 Å². The van der Waals surface area contributed by atoms with Gasteiger partial charge in [0.1, 0.15) is 0 Å². The Balaban J connectivity index is 1.88. The number of aryl methyl sites for hydroxylation is 2. The first-order chi connectivity index (χ1) is 10.9. The van der Waals surface area contributed by atoms with Crippen molar-refractivity contribution in [1.29, 1.82) is 0 Å². The van der Waals surface area contributed by atoms with Gasteiger partial charge >= 0.3 is 0 Å². The molecule has 2 heterocycles. The van der Waals surface area contributed by atoms with E-state index in [2.05, 4.69) is 10.4 Å². The summed E-state index contributed by atoms with van der Waals surface area (Å²) in [5.74, 6) is -0.235. The number of nitrogens with zero attached hydrogens (tertiary/aromatic N) is 3. The highest BCUT2D eigenvalue weighted by atomic mass is 16.3. The number of hydrogen-bond donors (Lipinski definition) is 2. The Bertz CT molecular complexity index is 584. The summed E-state index contributed by atoms with van der Waals surface area (Å²) in [5, 5.41) is 17.0. The number of carbonyl (C=O) groups excluding carboxylic acids is 2. The van der Waals surface area contributed by atoms with Gasteiger partial charge in [-0.1, -0.05) is 0 Å². The molecule has 2 amide bonds. The minimum absolute atomic E-state index is 0.0907. The lowest BCUT2D eigenvalue weighted by Crippen LogP contribution is -2.52. The fraction of sp³-hybridized carbons (Fsp3) is 0.688. The first kappa shape index (κ1) is 17.5. The van der Waals surface area contributed by atoms with Gasteiger partial charge in [-0.2, -0.15) is 5.10 Å². The minimum Gasteiger partial charge on any atom is -0.394 e. The molecule has 0 radical (unpaired) electrons. The molecular weight excluding hydrogens is 296 g/mol. The van der Waals surface area contributed by atoms with Gasteiger partial charge in [0.05, 0.1) is 30.8 Å². The number of likely N-dealkylation sites (tertiary alicyclic amines) is 1. The van der Waals surface area contributed by atoms with Crippen molar-refractivity contribution in [3.63, 3.8) is 0 Å². The second-order valence-electron chi connectivity index (χ2n) is 6.33. The van der Waals surface area contributed by atoms with Crippen LogP contribution in [0.4, 0.5) is 0 Å². The van der Waals surface area contributed by atoms with Crippen molar-refractivity contribution >= 4 is 11.8 Å². The zero-order valence-corrected chi connectivity index (χ0v) is 14.1. The van der Waals surface area contributed by atoms with Crippen molar-refractivity contribution < 1.29 is 14.7 Å². The van der Waals surface area contributed by atoms with Crippen LogP contribution in [0.15, 0.2) is 6.07 Å². The Morgan fingerprint density at radius 2 is 2.17 bits per heavy atom. The van der Waals surface area contributed by atoms with E-state index in [1.165, 1.54) is 6.92 Å². The third-order valence-electron chi connectivity index (χ3n) is 4.51. The summed E-state index contributed by atoms with van der Waals surface area (Å²) in [6, 6.07) is 1.99. The van der Waals surface area contributed by atoms with E-state index in [1.807, 2.05) is 24.6 Å². The van der Waals surface area contributed by atoms with Crippen molar-refractivity contribution in [2.24, 2.45) is 0 Å². The highest BCUT2D eigenvalue weighted by Crippen LogP contribution is 2.32. The first-order valence-corrected chi connectivity index (χ1v) is 8.05. The van der Waals surface area contributed by atoms with Crippen molar-refractivity contribution in [3.8, 4) is 0 Å². The predicted molar refractivity (Wildman–Crippen MR) is 85.8 cm³/mol. The molecule has 1 atom stereocenters. The number of nitrogens with one attached hydrogen (secondary N) is 1. The fourth-order valence-corrected chi connectivity index (χ4v) is 3.40. The largest absolute Gasteiger partial charge is 0.394 e. The fourth-order valence-electron chi connectivity index (χ4n) is 3.40. The second-order valence-corrected chi connectivity index (χ2v) is 6.33. The summed E-state index contributed by atoms with van der Waals surface area (Å²) < 4.78 is 1.86.